The first-order valence-electron chi connectivity index (χ1n) is 6.51. The Morgan fingerprint density at radius 3 is 2.68 bits per heavy atom. The average Bonchev–Trinajstić information content (AvgIpc) is 2.89. The van der Waals surface area contributed by atoms with Crippen molar-refractivity contribution in [2.24, 2.45) is 0 Å². The van der Waals surface area contributed by atoms with Crippen molar-refractivity contribution in [1.29, 1.82) is 0 Å². The van der Waals surface area contributed by atoms with E-state index in [1.54, 1.807) is 0 Å². The average molecular weight is 371 g/mol. The van der Waals surface area contributed by atoms with Crippen molar-refractivity contribution < 1.29 is 0 Å². The lowest BCUT2D eigenvalue weighted by Gasteiger charge is -2.12. The van der Waals surface area contributed by atoms with Gasteiger partial charge in [0.1, 0.15) is 11.5 Å². The van der Waals surface area contributed by atoms with E-state index >= 15 is 0 Å². The molecule has 102 valence electrons. The molecule has 0 aliphatic rings. The molecule has 0 spiro atoms. The summed E-state index contributed by atoms with van der Waals surface area (Å²) < 4.78 is 3.16. The second-order valence-electron chi connectivity index (χ2n) is 4.11. The Morgan fingerprint density at radius 2 is 2.05 bits per heavy atom. The van der Waals surface area contributed by atoms with Crippen LogP contribution < -0.4 is 5.32 Å². The van der Waals surface area contributed by atoms with Crippen molar-refractivity contribution in [2.75, 3.05) is 11.9 Å². The molecule has 2 rings (SSSR count). The molecule has 0 unspecified atom stereocenters. The molecule has 0 atom stereocenters. The topological polar surface area (TPSA) is 55.6 Å². The van der Waals surface area contributed by atoms with Gasteiger partial charge in [0.2, 0.25) is 0 Å². The quantitative estimate of drug-likeness (QED) is 0.822. The van der Waals surface area contributed by atoms with E-state index in [2.05, 4.69) is 68.2 Å². The summed E-state index contributed by atoms with van der Waals surface area (Å²) in [5.41, 5.74) is 2.04. The van der Waals surface area contributed by atoms with Gasteiger partial charge in [-0.15, -0.1) is 0 Å². The molecule has 0 amide bonds. The second kappa shape index (κ2) is 6.31. The second-order valence-corrected chi connectivity index (χ2v) is 5.18. The van der Waals surface area contributed by atoms with E-state index in [4.69, 9.17) is 0 Å². The van der Waals surface area contributed by atoms with Crippen LogP contribution in [0.5, 0.6) is 0 Å². The molecule has 0 bridgehead atoms. The highest BCUT2D eigenvalue weighted by molar-refractivity contribution is 14.1. The Labute approximate surface area is 127 Å². The first kappa shape index (κ1) is 14.2. The number of nitrogens with zero attached hydrogens (tertiary/aromatic N) is 4. The van der Waals surface area contributed by atoms with Gasteiger partial charge in [0, 0.05) is 13.1 Å². The third kappa shape index (κ3) is 2.88. The number of halogens is 1. The minimum Gasteiger partial charge on any atom is -0.369 e. The summed E-state index contributed by atoms with van der Waals surface area (Å²) in [4.78, 5) is 13.5. The zero-order chi connectivity index (χ0) is 13.8. The Hall–Kier alpha value is -1.18. The SMILES string of the molecule is CCNc1nc(-c2cncn2CC)nc(CC)c1I. The molecular formula is C13H18IN5. The summed E-state index contributed by atoms with van der Waals surface area (Å²) in [5.74, 6) is 1.65. The molecule has 2 heterocycles. The number of rotatable bonds is 5. The van der Waals surface area contributed by atoms with E-state index in [1.807, 2.05) is 12.5 Å². The highest BCUT2D eigenvalue weighted by Gasteiger charge is 2.14. The van der Waals surface area contributed by atoms with Gasteiger partial charge in [-0.3, -0.25) is 0 Å². The van der Waals surface area contributed by atoms with Crippen LogP contribution in [0, 0.1) is 3.57 Å². The molecule has 0 saturated heterocycles. The maximum atomic E-state index is 4.67. The van der Waals surface area contributed by atoms with Crippen LogP contribution in [-0.2, 0) is 13.0 Å². The molecule has 5 nitrogen and oxygen atoms in total. The molecule has 0 fully saturated rings. The highest BCUT2D eigenvalue weighted by Crippen LogP contribution is 2.24. The number of aromatic nitrogens is 4. The molecule has 0 saturated carbocycles. The fraction of sp³-hybridized carbons (Fsp3) is 0.462. The lowest BCUT2D eigenvalue weighted by Crippen LogP contribution is -2.09. The van der Waals surface area contributed by atoms with Crippen LogP contribution in [-0.4, -0.2) is 26.1 Å². The van der Waals surface area contributed by atoms with Crippen LogP contribution in [0.3, 0.4) is 0 Å². The minimum atomic E-state index is 0.743. The summed E-state index contributed by atoms with van der Waals surface area (Å²) in [6, 6.07) is 0. The van der Waals surface area contributed by atoms with Gasteiger partial charge in [0.15, 0.2) is 5.82 Å². The van der Waals surface area contributed by atoms with Crippen molar-refractivity contribution in [3.05, 3.63) is 21.8 Å². The largest absolute Gasteiger partial charge is 0.369 e. The first-order valence-corrected chi connectivity index (χ1v) is 7.59. The highest BCUT2D eigenvalue weighted by atomic mass is 127. The number of anilines is 1. The molecule has 1 N–H and O–H groups in total. The van der Waals surface area contributed by atoms with E-state index in [0.717, 1.165) is 46.1 Å². The third-order valence-corrected chi connectivity index (χ3v) is 4.01. The molecular weight excluding hydrogens is 353 g/mol. The predicted octanol–water partition coefficient (Wildman–Crippen LogP) is 2.96. The van der Waals surface area contributed by atoms with Gasteiger partial charge in [0.05, 0.1) is 21.8 Å². The summed E-state index contributed by atoms with van der Waals surface area (Å²) in [6.07, 6.45) is 4.53. The van der Waals surface area contributed by atoms with Crippen molar-refractivity contribution in [1.82, 2.24) is 19.5 Å². The van der Waals surface area contributed by atoms with Crippen LogP contribution in [0.4, 0.5) is 5.82 Å². The van der Waals surface area contributed by atoms with E-state index in [-0.39, 0.29) is 0 Å². The number of hydrogen-bond donors (Lipinski definition) is 1. The van der Waals surface area contributed by atoms with E-state index in [9.17, 15) is 0 Å². The van der Waals surface area contributed by atoms with Gasteiger partial charge >= 0.3 is 0 Å². The van der Waals surface area contributed by atoms with Crippen molar-refractivity contribution in [2.45, 2.75) is 33.7 Å². The number of imidazole rings is 1. The number of aryl methyl sites for hydroxylation is 2. The molecule has 0 aliphatic carbocycles. The summed E-state index contributed by atoms with van der Waals surface area (Å²) in [7, 11) is 0. The van der Waals surface area contributed by atoms with Gasteiger partial charge in [-0.25, -0.2) is 15.0 Å². The molecule has 6 heteroatoms. The monoisotopic (exact) mass is 371 g/mol. The summed E-state index contributed by atoms with van der Waals surface area (Å²) >= 11 is 2.31. The fourth-order valence-corrected chi connectivity index (χ4v) is 2.70. The Kier molecular flexibility index (Phi) is 4.73. The van der Waals surface area contributed by atoms with Crippen molar-refractivity contribution >= 4 is 28.4 Å². The molecule has 0 radical (unpaired) electrons. The molecule has 0 aliphatic heterocycles. The summed E-state index contributed by atoms with van der Waals surface area (Å²) in [6.45, 7) is 7.98. The van der Waals surface area contributed by atoms with E-state index in [0.29, 0.717) is 0 Å². The van der Waals surface area contributed by atoms with Crippen LogP contribution >= 0.6 is 22.6 Å². The summed E-state index contributed by atoms with van der Waals surface area (Å²) in [5, 5.41) is 3.30. The van der Waals surface area contributed by atoms with Gasteiger partial charge in [-0.2, -0.15) is 0 Å². The zero-order valence-corrected chi connectivity index (χ0v) is 13.6. The Morgan fingerprint density at radius 1 is 1.26 bits per heavy atom. The smallest absolute Gasteiger partial charge is 0.180 e. The maximum absolute atomic E-state index is 4.67. The lowest BCUT2D eigenvalue weighted by atomic mass is 10.3. The van der Waals surface area contributed by atoms with Crippen LogP contribution in [0.15, 0.2) is 12.5 Å². The standard InChI is InChI=1S/C13H18IN5/c1-4-9-11(14)13(16-5-2)18-12(17-9)10-7-15-8-19(10)6-3/h7-8H,4-6H2,1-3H3,(H,16,17,18). The molecule has 2 aromatic rings. The lowest BCUT2D eigenvalue weighted by molar-refractivity contribution is 0.762. The van der Waals surface area contributed by atoms with Crippen molar-refractivity contribution in [3.8, 4) is 11.5 Å². The van der Waals surface area contributed by atoms with E-state index < -0.39 is 0 Å². The van der Waals surface area contributed by atoms with Crippen LogP contribution in [0.1, 0.15) is 26.5 Å². The van der Waals surface area contributed by atoms with Crippen LogP contribution in [0.2, 0.25) is 0 Å². The Balaban J connectivity index is 2.54. The van der Waals surface area contributed by atoms with E-state index in [1.165, 1.54) is 0 Å². The minimum absolute atomic E-state index is 0.743. The van der Waals surface area contributed by atoms with Crippen LogP contribution in [0.25, 0.3) is 11.5 Å². The van der Waals surface area contributed by atoms with Gasteiger partial charge in [-0.05, 0) is 42.9 Å². The number of hydrogen-bond acceptors (Lipinski definition) is 4. The molecule has 0 aromatic carbocycles. The third-order valence-electron chi connectivity index (χ3n) is 2.88. The van der Waals surface area contributed by atoms with Gasteiger partial charge in [-0.1, -0.05) is 6.92 Å². The van der Waals surface area contributed by atoms with Crippen molar-refractivity contribution in [3.63, 3.8) is 0 Å². The van der Waals surface area contributed by atoms with Gasteiger partial charge in [0.25, 0.3) is 0 Å². The first-order chi connectivity index (χ1) is 9.21. The normalized spacial score (nSPS) is 10.7. The molecule has 19 heavy (non-hydrogen) atoms. The fourth-order valence-electron chi connectivity index (χ4n) is 1.89. The van der Waals surface area contributed by atoms with Gasteiger partial charge < -0.3 is 9.88 Å². The predicted molar refractivity (Wildman–Crippen MR) is 85.2 cm³/mol. The molecule has 2 aromatic heterocycles. The number of nitrogens with one attached hydrogen (secondary N) is 1. The zero-order valence-electron chi connectivity index (χ0n) is 11.4. The Bertz CT molecular complexity index is 564. The maximum Gasteiger partial charge on any atom is 0.180 e.